The Morgan fingerprint density at radius 2 is 1.80 bits per heavy atom. The van der Waals surface area contributed by atoms with Gasteiger partial charge in [-0.2, -0.15) is 0 Å². The molecule has 0 saturated carbocycles. The van der Waals surface area contributed by atoms with Gasteiger partial charge in [0, 0.05) is 17.6 Å². The minimum Gasteiger partial charge on any atom is -0.347 e. The lowest BCUT2D eigenvalue weighted by atomic mass is 10.1. The molecule has 6 heteroatoms. The minimum absolute atomic E-state index is 0.130. The second-order valence-electron chi connectivity index (χ2n) is 7.19. The van der Waals surface area contributed by atoms with Gasteiger partial charge in [0.25, 0.3) is 15.9 Å². The van der Waals surface area contributed by atoms with Crippen molar-refractivity contribution in [1.82, 2.24) is 5.32 Å². The predicted molar refractivity (Wildman–Crippen MR) is 98.3 cm³/mol. The van der Waals surface area contributed by atoms with Crippen LogP contribution in [0.5, 0.6) is 0 Å². The molecule has 0 unspecified atom stereocenters. The van der Waals surface area contributed by atoms with Crippen molar-refractivity contribution in [2.75, 3.05) is 10.8 Å². The summed E-state index contributed by atoms with van der Waals surface area (Å²) in [6, 6.07) is 13.7. The van der Waals surface area contributed by atoms with Gasteiger partial charge in [0.2, 0.25) is 0 Å². The van der Waals surface area contributed by atoms with Crippen LogP contribution in [0.15, 0.2) is 53.4 Å². The maximum atomic E-state index is 13.1. The Labute approximate surface area is 148 Å². The fourth-order valence-corrected chi connectivity index (χ4v) is 4.45. The van der Waals surface area contributed by atoms with Crippen LogP contribution in [-0.4, -0.2) is 26.4 Å². The van der Waals surface area contributed by atoms with E-state index in [0.717, 1.165) is 5.56 Å². The Kier molecular flexibility index (Phi) is 4.33. The average Bonchev–Trinajstić information content (AvgIpc) is 2.98. The molecular formula is C19H22N2O3S. The van der Waals surface area contributed by atoms with Crippen molar-refractivity contribution in [2.24, 2.45) is 0 Å². The highest BCUT2D eigenvalue weighted by atomic mass is 32.2. The van der Waals surface area contributed by atoms with E-state index in [1.165, 1.54) is 16.4 Å². The molecular weight excluding hydrogens is 336 g/mol. The van der Waals surface area contributed by atoms with Crippen LogP contribution in [0.4, 0.5) is 5.69 Å². The zero-order valence-corrected chi connectivity index (χ0v) is 15.4. The van der Waals surface area contributed by atoms with Gasteiger partial charge < -0.3 is 5.32 Å². The molecule has 0 aromatic heterocycles. The summed E-state index contributed by atoms with van der Waals surface area (Å²) in [7, 11) is -3.70. The van der Waals surface area contributed by atoms with Gasteiger partial charge in [-0.1, -0.05) is 24.3 Å². The third-order valence-electron chi connectivity index (χ3n) is 4.02. The molecule has 1 amide bonds. The summed E-state index contributed by atoms with van der Waals surface area (Å²) in [5, 5.41) is 2.85. The Morgan fingerprint density at radius 3 is 2.52 bits per heavy atom. The van der Waals surface area contributed by atoms with Crippen molar-refractivity contribution in [1.29, 1.82) is 0 Å². The SMILES string of the molecule is CC(C)(C)NC(=O)c1cccc(S(=O)(=O)N2CCc3ccccc32)c1. The number of fused-ring (bicyclic) bond motifs is 1. The van der Waals surface area contributed by atoms with Crippen molar-refractivity contribution < 1.29 is 13.2 Å². The van der Waals surface area contributed by atoms with Gasteiger partial charge in [-0.3, -0.25) is 9.10 Å². The molecule has 0 atom stereocenters. The van der Waals surface area contributed by atoms with Crippen LogP contribution in [0.25, 0.3) is 0 Å². The monoisotopic (exact) mass is 358 g/mol. The molecule has 0 radical (unpaired) electrons. The Bertz CT molecular complexity index is 914. The lowest BCUT2D eigenvalue weighted by molar-refractivity contribution is 0.0919. The number of amides is 1. The van der Waals surface area contributed by atoms with Gasteiger partial charge in [-0.05, 0) is 57.0 Å². The van der Waals surface area contributed by atoms with E-state index in [-0.39, 0.29) is 16.3 Å². The largest absolute Gasteiger partial charge is 0.347 e. The second-order valence-corrected chi connectivity index (χ2v) is 9.05. The number of benzene rings is 2. The van der Waals surface area contributed by atoms with E-state index in [1.807, 2.05) is 45.0 Å². The number of hydrogen-bond donors (Lipinski definition) is 1. The summed E-state index contributed by atoms with van der Waals surface area (Å²) >= 11 is 0. The van der Waals surface area contributed by atoms with E-state index in [0.29, 0.717) is 24.2 Å². The number of nitrogens with one attached hydrogen (secondary N) is 1. The number of sulfonamides is 1. The zero-order valence-electron chi connectivity index (χ0n) is 14.6. The third kappa shape index (κ3) is 3.54. The molecule has 132 valence electrons. The minimum atomic E-state index is -3.70. The molecule has 2 aromatic rings. The first-order valence-corrected chi connectivity index (χ1v) is 9.66. The van der Waals surface area contributed by atoms with Crippen LogP contribution in [0.2, 0.25) is 0 Å². The van der Waals surface area contributed by atoms with Crippen molar-refractivity contribution in [2.45, 2.75) is 37.6 Å². The highest BCUT2D eigenvalue weighted by Crippen LogP contribution is 2.32. The van der Waals surface area contributed by atoms with E-state index in [9.17, 15) is 13.2 Å². The molecule has 1 aliphatic heterocycles. The van der Waals surface area contributed by atoms with Crippen molar-refractivity contribution in [3.63, 3.8) is 0 Å². The molecule has 5 nitrogen and oxygen atoms in total. The Balaban J connectivity index is 1.94. The normalized spacial score (nSPS) is 14.3. The Morgan fingerprint density at radius 1 is 1.08 bits per heavy atom. The molecule has 1 N–H and O–H groups in total. The highest BCUT2D eigenvalue weighted by molar-refractivity contribution is 7.92. The van der Waals surface area contributed by atoms with Crippen LogP contribution >= 0.6 is 0 Å². The first-order chi connectivity index (χ1) is 11.7. The summed E-state index contributed by atoms with van der Waals surface area (Å²) in [5.74, 6) is -0.286. The van der Waals surface area contributed by atoms with E-state index >= 15 is 0 Å². The first kappa shape index (κ1) is 17.5. The highest BCUT2D eigenvalue weighted by Gasteiger charge is 2.31. The summed E-state index contributed by atoms with van der Waals surface area (Å²) in [6.07, 6.45) is 0.694. The van der Waals surface area contributed by atoms with Gasteiger partial charge in [-0.25, -0.2) is 8.42 Å². The number of carbonyl (C=O) groups excluding carboxylic acids is 1. The fraction of sp³-hybridized carbons (Fsp3) is 0.316. The molecule has 25 heavy (non-hydrogen) atoms. The van der Waals surface area contributed by atoms with Gasteiger partial charge >= 0.3 is 0 Å². The van der Waals surface area contributed by atoms with Crippen LogP contribution in [0.1, 0.15) is 36.7 Å². The average molecular weight is 358 g/mol. The number of carbonyl (C=O) groups is 1. The number of anilines is 1. The fourth-order valence-electron chi connectivity index (χ4n) is 2.90. The standard InChI is InChI=1S/C19H22N2O3S/c1-19(2,3)20-18(22)15-8-6-9-16(13-15)25(23,24)21-12-11-14-7-4-5-10-17(14)21/h4-10,13H,11-12H2,1-3H3,(H,20,22). The summed E-state index contributed by atoms with van der Waals surface area (Å²) in [5.41, 5.74) is 1.68. The lowest BCUT2D eigenvalue weighted by Gasteiger charge is -2.22. The third-order valence-corrected chi connectivity index (χ3v) is 5.83. The number of rotatable bonds is 3. The molecule has 1 aliphatic rings. The number of para-hydroxylation sites is 1. The van der Waals surface area contributed by atoms with Crippen LogP contribution in [0, 0.1) is 0 Å². The molecule has 0 spiro atoms. The van der Waals surface area contributed by atoms with Crippen molar-refractivity contribution in [3.8, 4) is 0 Å². The predicted octanol–water partition coefficient (Wildman–Crippen LogP) is 2.97. The van der Waals surface area contributed by atoms with Crippen LogP contribution in [-0.2, 0) is 16.4 Å². The molecule has 0 bridgehead atoms. The smallest absolute Gasteiger partial charge is 0.264 e. The Hall–Kier alpha value is -2.34. The quantitative estimate of drug-likeness (QED) is 0.917. The number of nitrogens with zero attached hydrogens (tertiary/aromatic N) is 1. The zero-order chi connectivity index (χ0) is 18.2. The van der Waals surface area contributed by atoms with E-state index in [2.05, 4.69) is 5.32 Å². The lowest BCUT2D eigenvalue weighted by Crippen LogP contribution is -2.40. The second kappa shape index (κ2) is 6.19. The summed E-state index contributed by atoms with van der Waals surface area (Å²) in [4.78, 5) is 12.5. The van der Waals surface area contributed by atoms with E-state index in [4.69, 9.17) is 0 Å². The maximum absolute atomic E-state index is 13.1. The summed E-state index contributed by atoms with van der Waals surface area (Å²) < 4.78 is 27.5. The molecule has 3 rings (SSSR count). The van der Waals surface area contributed by atoms with Gasteiger partial charge in [0.05, 0.1) is 10.6 Å². The van der Waals surface area contributed by atoms with Crippen LogP contribution < -0.4 is 9.62 Å². The van der Waals surface area contributed by atoms with Crippen molar-refractivity contribution in [3.05, 3.63) is 59.7 Å². The molecule has 0 saturated heterocycles. The maximum Gasteiger partial charge on any atom is 0.264 e. The van der Waals surface area contributed by atoms with Crippen LogP contribution in [0.3, 0.4) is 0 Å². The summed E-state index contributed by atoms with van der Waals surface area (Å²) in [6.45, 7) is 6.06. The molecule has 2 aromatic carbocycles. The van der Waals surface area contributed by atoms with Gasteiger partial charge in [-0.15, -0.1) is 0 Å². The van der Waals surface area contributed by atoms with E-state index in [1.54, 1.807) is 12.1 Å². The van der Waals surface area contributed by atoms with E-state index < -0.39 is 10.0 Å². The first-order valence-electron chi connectivity index (χ1n) is 8.22. The van der Waals surface area contributed by atoms with Gasteiger partial charge in [0.15, 0.2) is 0 Å². The molecule has 0 fully saturated rings. The topological polar surface area (TPSA) is 66.5 Å². The molecule has 0 aliphatic carbocycles. The number of hydrogen-bond acceptors (Lipinski definition) is 3. The van der Waals surface area contributed by atoms with Crippen molar-refractivity contribution >= 4 is 21.6 Å². The molecule has 1 heterocycles. The van der Waals surface area contributed by atoms with Gasteiger partial charge in [0.1, 0.15) is 0 Å².